The van der Waals surface area contributed by atoms with E-state index in [-0.39, 0.29) is 11.8 Å². The highest BCUT2D eigenvalue weighted by Crippen LogP contribution is 2.10. The first-order valence-corrected chi connectivity index (χ1v) is 4.63. The molecule has 0 saturated heterocycles. The van der Waals surface area contributed by atoms with E-state index in [9.17, 15) is 4.79 Å². The lowest BCUT2D eigenvalue weighted by atomic mass is 10.2. The normalized spacial score (nSPS) is 12.2. The van der Waals surface area contributed by atoms with E-state index in [0.29, 0.717) is 17.4 Å². The smallest absolute Gasteiger partial charge is 0.229 e. The molecule has 1 amide bonds. The maximum absolute atomic E-state index is 11.4. The van der Waals surface area contributed by atoms with Gasteiger partial charge in [-0.05, 0) is 12.1 Å². The third kappa shape index (κ3) is 2.97. The van der Waals surface area contributed by atoms with Gasteiger partial charge in [-0.15, -0.1) is 0 Å². The Hall–Kier alpha value is -1.13. The average Bonchev–Trinajstić information content (AvgIpc) is 2.20. The molecule has 4 nitrogen and oxygen atoms in total. The fourth-order valence-electron chi connectivity index (χ4n) is 0.806. The molecule has 0 fully saturated rings. The van der Waals surface area contributed by atoms with Crippen LogP contribution >= 0.6 is 11.6 Å². The van der Waals surface area contributed by atoms with Crippen molar-refractivity contribution in [1.29, 1.82) is 0 Å². The van der Waals surface area contributed by atoms with Gasteiger partial charge in [-0.25, -0.2) is 4.98 Å². The second-order valence-corrected chi connectivity index (χ2v) is 3.42. The Morgan fingerprint density at radius 1 is 1.71 bits per heavy atom. The first-order valence-electron chi connectivity index (χ1n) is 4.26. The van der Waals surface area contributed by atoms with Crippen molar-refractivity contribution in [2.24, 2.45) is 11.7 Å². The van der Waals surface area contributed by atoms with Gasteiger partial charge >= 0.3 is 0 Å². The predicted octanol–water partition coefficient (Wildman–Crippen LogP) is 1.27. The minimum atomic E-state index is -0.215. The topological polar surface area (TPSA) is 68.0 Å². The number of pyridine rings is 1. The third-order valence-corrected chi connectivity index (χ3v) is 2.00. The van der Waals surface area contributed by atoms with Crippen LogP contribution in [-0.4, -0.2) is 17.4 Å². The van der Waals surface area contributed by atoms with Crippen LogP contribution in [0.2, 0.25) is 5.02 Å². The van der Waals surface area contributed by atoms with E-state index in [1.54, 1.807) is 19.1 Å². The number of aromatic nitrogens is 1. The van der Waals surface area contributed by atoms with Gasteiger partial charge in [0.1, 0.15) is 5.82 Å². The zero-order chi connectivity index (χ0) is 10.6. The summed E-state index contributed by atoms with van der Waals surface area (Å²) < 4.78 is 0. The molecule has 14 heavy (non-hydrogen) atoms. The number of amides is 1. The molecule has 0 aromatic carbocycles. The minimum Gasteiger partial charge on any atom is -0.330 e. The van der Waals surface area contributed by atoms with Crippen LogP contribution in [0.1, 0.15) is 6.92 Å². The summed E-state index contributed by atoms with van der Waals surface area (Å²) in [6.07, 6.45) is 1.48. The van der Waals surface area contributed by atoms with E-state index >= 15 is 0 Å². The minimum absolute atomic E-state index is 0.137. The molecule has 1 atom stereocenters. The molecule has 0 spiro atoms. The Labute approximate surface area is 87.5 Å². The average molecular weight is 214 g/mol. The summed E-state index contributed by atoms with van der Waals surface area (Å²) in [7, 11) is 0. The summed E-state index contributed by atoms with van der Waals surface area (Å²) >= 11 is 5.64. The maximum atomic E-state index is 11.4. The van der Waals surface area contributed by atoms with Crippen LogP contribution < -0.4 is 11.1 Å². The van der Waals surface area contributed by atoms with Gasteiger partial charge in [0.25, 0.3) is 0 Å². The van der Waals surface area contributed by atoms with Crippen LogP contribution in [0.4, 0.5) is 5.82 Å². The fourth-order valence-corrected chi connectivity index (χ4v) is 0.918. The SMILES string of the molecule is CC(CN)C(=O)Nc1ccc(Cl)cn1. The fraction of sp³-hybridized carbons (Fsp3) is 0.333. The van der Waals surface area contributed by atoms with Crippen LogP contribution in [0, 0.1) is 5.92 Å². The van der Waals surface area contributed by atoms with E-state index in [1.165, 1.54) is 6.20 Å². The zero-order valence-corrected chi connectivity index (χ0v) is 8.58. The molecule has 0 radical (unpaired) electrons. The Morgan fingerprint density at radius 3 is 2.93 bits per heavy atom. The van der Waals surface area contributed by atoms with Crippen LogP contribution in [0.3, 0.4) is 0 Å². The van der Waals surface area contributed by atoms with Crippen molar-refractivity contribution in [2.45, 2.75) is 6.92 Å². The number of halogens is 1. The van der Waals surface area contributed by atoms with Gasteiger partial charge in [-0.3, -0.25) is 4.79 Å². The third-order valence-electron chi connectivity index (χ3n) is 1.78. The van der Waals surface area contributed by atoms with Gasteiger partial charge in [0, 0.05) is 18.7 Å². The van der Waals surface area contributed by atoms with Crippen LogP contribution in [0.15, 0.2) is 18.3 Å². The van der Waals surface area contributed by atoms with Gasteiger partial charge < -0.3 is 11.1 Å². The van der Waals surface area contributed by atoms with E-state index in [4.69, 9.17) is 17.3 Å². The molecule has 1 aromatic rings. The summed E-state index contributed by atoms with van der Waals surface area (Å²) in [5, 5.41) is 3.17. The predicted molar refractivity (Wildman–Crippen MR) is 56.1 cm³/mol. The number of anilines is 1. The largest absolute Gasteiger partial charge is 0.330 e. The van der Waals surface area contributed by atoms with E-state index in [2.05, 4.69) is 10.3 Å². The van der Waals surface area contributed by atoms with Crippen molar-refractivity contribution in [3.05, 3.63) is 23.4 Å². The number of nitrogens with zero attached hydrogens (tertiary/aromatic N) is 1. The molecule has 1 rings (SSSR count). The Bertz CT molecular complexity index is 312. The first kappa shape index (κ1) is 10.9. The van der Waals surface area contributed by atoms with Crippen LogP contribution in [0.5, 0.6) is 0 Å². The molecule has 1 aromatic heterocycles. The molecule has 0 aliphatic heterocycles. The van der Waals surface area contributed by atoms with Gasteiger partial charge in [0.2, 0.25) is 5.91 Å². The lowest BCUT2D eigenvalue weighted by Crippen LogP contribution is -2.26. The van der Waals surface area contributed by atoms with Crippen LogP contribution in [-0.2, 0) is 4.79 Å². The zero-order valence-electron chi connectivity index (χ0n) is 7.83. The standard InChI is InChI=1S/C9H12ClN3O/c1-6(4-11)9(14)13-8-3-2-7(10)5-12-8/h2-3,5-6H,4,11H2,1H3,(H,12,13,14). The number of nitrogens with two attached hydrogens (primary N) is 1. The molecular weight excluding hydrogens is 202 g/mol. The highest BCUT2D eigenvalue weighted by atomic mass is 35.5. The van der Waals surface area contributed by atoms with Crippen molar-refractivity contribution >= 4 is 23.3 Å². The quantitative estimate of drug-likeness (QED) is 0.795. The van der Waals surface area contributed by atoms with Crippen molar-refractivity contribution in [3.63, 3.8) is 0 Å². The Morgan fingerprint density at radius 2 is 2.43 bits per heavy atom. The number of hydrogen-bond donors (Lipinski definition) is 2. The number of carbonyl (C=O) groups excluding carboxylic acids is 1. The van der Waals surface area contributed by atoms with E-state index in [0.717, 1.165) is 0 Å². The number of nitrogens with one attached hydrogen (secondary N) is 1. The molecular formula is C9H12ClN3O. The molecule has 0 aliphatic rings. The summed E-state index contributed by atoms with van der Waals surface area (Å²) in [6, 6.07) is 3.31. The van der Waals surface area contributed by atoms with Crippen molar-refractivity contribution in [2.75, 3.05) is 11.9 Å². The Balaban J connectivity index is 2.60. The van der Waals surface area contributed by atoms with Gasteiger partial charge in [-0.2, -0.15) is 0 Å². The van der Waals surface area contributed by atoms with Gasteiger partial charge in [0.15, 0.2) is 0 Å². The van der Waals surface area contributed by atoms with E-state index < -0.39 is 0 Å². The summed E-state index contributed by atoms with van der Waals surface area (Å²) in [6.45, 7) is 2.07. The molecule has 76 valence electrons. The van der Waals surface area contributed by atoms with Gasteiger partial charge in [0.05, 0.1) is 5.02 Å². The summed E-state index contributed by atoms with van der Waals surface area (Å²) in [4.78, 5) is 15.3. The summed E-state index contributed by atoms with van der Waals surface area (Å²) in [5.74, 6) is 0.134. The second-order valence-electron chi connectivity index (χ2n) is 2.99. The highest BCUT2D eigenvalue weighted by molar-refractivity contribution is 6.30. The lowest BCUT2D eigenvalue weighted by molar-refractivity contribution is -0.119. The lowest BCUT2D eigenvalue weighted by Gasteiger charge is -2.08. The Kier molecular flexibility index (Phi) is 3.85. The molecule has 1 unspecified atom stereocenters. The van der Waals surface area contributed by atoms with Crippen LogP contribution in [0.25, 0.3) is 0 Å². The molecule has 0 aliphatic carbocycles. The highest BCUT2D eigenvalue weighted by Gasteiger charge is 2.10. The maximum Gasteiger partial charge on any atom is 0.229 e. The van der Waals surface area contributed by atoms with Gasteiger partial charge in [-0.1, -0.05) is 18.5 Å². The molecule has 5 heteroatoms. The number of carbonyl (C=O) groups is 1. The second kappa shape index (κ2) is 4.93. The van der Waals surface area contributed by atoms with Crippen molar-refractivity contribution in [1.82, 2.24) is 4.98 Å². The molecule has 3 N–H and O–H groups in total. The monoisotopic (exact) mass is 213 g/mol. The van der Waals surface area contributed by atoms with Crippen molar-refractivity contribution < 1.29 is 4.79 Å². The van der Waals surface area contributed by atoms with Crippen molar-refractivity contribution in [3.8, 4) is 0 Å². The molecule has 0 saturated carbocycles. The first-order chi connectivity index (χ1) is 6.63. The molecule has 0 bridgehead atoms. The number of hydrogen-bond acceptors (Lipinski definition) is 3. The molecule has 1 heterocycles. The number of rotatable bonds is 3. The van der Waals surface area contributed by atoms with E-state index in [1.807, 2.05) is 0 Å². The summed E-state index contributed by atoms with van der Waals surface area (Å²) in [5.41, 5.74) is 5.35.